The van der Waals surface area contributed by atoms with Crippen LogP contribution in [0.25, 0.3) is 105 Å². The molecule has 0 bridgehead atoms. The highest BCUT2D eigenvalue weighted by Crippen LogP contribution is 2.41. The molecule has 0 saturated carbocycles. The third kappa shape index (κ3) is 4.08. The van der Waals surface area contributed by atoms with Gasteiger partial charge in [0, 0.05) is 49.4 Å². The maximum absolute atomic E-state index is 6.60. The van der Waals surface area contributed by atoms with E-state index in [4.69, 9.17) is 4.42 Å². The van der Waals surface area contributed by atoms with Gasteiger partial charge < -0.3 is 13.6 Å². The number of furan rings is 1. The van der Waals surface area contributed by atoms with E-state index in [1.807, 2.05) is 6.07 Å². The van der Waals surface area contributed by atoms with Gasteiger partial charge in [-0.1, -0.05) is 109 Å². The smallest absolute Gasteiger partial charge is 0.213 e. The first-order chi connectivity index (χ1) is 26.8. The van der Waals surface area contributed by atoms with E-state index in [0.29, 0.717) is 0 Å². The van der Waals surface area contributed by atoms with Crippen molar-refractivity contribution in [3.8, 4) is 28.2 Å². The molecule has 4 heteroatoms. The second-order valence-electron chi connectivity index (χ2n) is 14.2. The van der Waals surface area contributed by atoms with Crippen LogP contribution in [0.4, 0.5) is 0 Å². The summed E-state index contributed by atoms with van der Waals surface area (Å²) < 4.78 is 13.6. The highest BCUT2D eigenvalue weighted by Gasteiger charge is 2.20. The zero-order valence-corrected chi connectivity index (χ0v) is 29.1. The molecule has 0 aliphatic heterocycles. The summed E-state index contributed by atoms with van der Waals surface area (Å²) in [5.74, 6) is 0. The van der Waals surface area contributed by atoms with E-state index in [0.717, 1.165) is 55.8 Å². The first kappa shape index (κ1) is 29.3. The lowest BCUT2D eigenvalue weighted by Crippen LogP contribution is -1.95. The number of fused-ring (bicyclic) bond motifs is 11. The second kappa shape index (κ2) is 11.1. The van der Waals surface area contributed by atoms with Gasteiger partial charge in [-0.05, 0) is 90.0 Å². The summed E-state index contributed by atoms with van der Waals surface area (Å²) in [6, 6.07) is 67.7. The molecule has 0 aliphatic carbocycles. The van der Waals surface area contributed by atoms with E-state index in [9.17, 15) is 0 Å². The largest absolute Gasteiger partial charge is 0.439 e. The minimum Gasteiger partial charge on any atom is -0.439 e. The standard InChI is InChI=1S/C50H31N3O/c1-2-12-34(13-3-1)53-46-21-11-7-17-40(46)49-42-30-33(24-29-48(42)54-50(49)53)32-22-25-35(26-23-32)51-45-20-10-6-16-39(45)41-31-36(27-28-47(41)51)52-43-18-8-4-14-37(43)38-15-5-9-19-44(38)52/h1-31H. The number of rotatable bonds is 4. The van der Waals surface area contributed by atoms with Crippen molar-refractivity contribution >= 4 is 76.6 Å². The number of aromatic nitrogens is 3. The Balaban J connectivity index is 0.987. The summed E-state index contributed by atoms with van der Waals surface area (Å²) in [5, 5.41) is 8.47. The van der Waals surface area contributed by atoms with E-state index in [1.54, 1.807) is 0 Å². The normalized spacial score (nSPS) is 12.1. The van der Waals surface area contributed by atoms with Gasteiger partial charge in [-0.15, -0.1) is 0 Å². The number of hydrogen-bond donors (Lipinski definition) is 0. The van der Waals surface area contributed by atoms with Gasteiger partial charge in [0.1, 0.15) is 5.58 Å². The molecule has 0 atom stereocenters. The van der Waals surface area contributed by atoms with Crippen molar-refractivity contribution in [2.45, 2.75) is 0 Å². The van der Waals surface area contributed by atoms with Crippen LogP contribution in [-0.2, 0) is 0 Å². The highest BCUT2D eigenvalue weighted by atomic mass is 16.3. The maximum atomic E-state index is 6.60. The Morgan fingerprint density at radius 1 is 0.296 bits per heavy atom. The third-order valence-corrected chi connectivity index (χ3v) is 11.3. The van der Waals surface area contributed by atoms with Crippen LogP contribution in [0.1, 0.15) is 0 Å². The molecular weight excluding hydrogens is 659 g/mol. The van der Waals surface area contributed by atoms with Gasteiger partial charge in [-0.2, -0.15) is 0 Å². The summed E-state index contributed by atoms with van der Waals surface area (Å²) in [6.45, 7) is 0. The highest BCUT2D eigenvalue weighted by molar-refractivity contribution is 6.20. The van der Waals surface area contributed by atoms with E-state index < -0.39 is 0 Å². The topological polar surface area (TPSA) is 27.9 Å². The SMILES string of the molecule is c1ccc(-n2c3ccccc3c3c4cc(-c5ccc(-n6c7ccccc7c7cc(-n8c9ccccc9c9ccccc98)ccc76)cc5)ccc4oc32)cc1. The van der Waals surface area contributed by atoms with Gasteiger partial charge in [0.25, 0.3) is 0 Å². The molecule has 0 N–H and O–H groups in total. The zero-order chi connectivity index (χ0) is 35.3. The molecule has 4 nitrogen and oxygen atoms in total. The molecule has 12 rings (SSSR count). The van der Waals surface area contributed by atoms with Crippen molar-refractivity contribution in [2.75, 3.05) is 0 Å². The van der Waals surface area contributed by atoms with Crippen LogP contribution in [0.2, 0.25) is 0 Å². The fourth-order valence-electron chi connectivity index (χ4n) is 8.89. The molecule has 0 unspecified atom stereocenters. The molecule has 0 fully saturated rings. The van der Waals surface area contributed by atoms with Crippen molar-refractivity contribution < 1.29 is 4.42 Å². The maximum Gasteiger partial charge on any atom is 0.213 e. The first-order valence-corrected chi connectivity index (χ1v) is 18.4. The first-order valence-electron chi connectivity index (χ1n) is 18.4. The summed E-state index contributed by atoms with van der Waals surface area (Å²) in [5.41, 5.74) is 13.4. The molecule has 54 heavy (non-hydrogen) atoms. The fraction of sp³-hybridized carbons (Fsp3) is 0. The Kier molecular flexibility index (Phi) is 6.02. The second-order valence-corrected chi connectivity index (χ2v) is 14.2. The van der Waals surface area contributed by atoms with E-state index in [2.05, 4.69) is 196 Å². The molecule has 252 valence electrons. The van der Waals surface area contributed by atoms with Crippen molar-refractivity contribution in [3.63, 3.8) is 0 Å². The van der Waals surface area contributed by atoms with Gasteiger partial charge in [0.2, 0.25) is 5.71 Å². The Morgan fingerprint density at radius 2 is 0.778 bits per heavy atom. The molecule has 8 aromatic carbocycles. The van der Waals surface area contributed by atoms with Crippen LogP contribution >= 0.6 is 0 Å². The lowest BCUT2D eigenvalue weighted by molar-refractivity contribution is 0.645. The summed E-state index contributed by atoms with van der Waals surface area (Å²) in [4.78, 5) is 0. The average Bonchev–Trinajstić information content (AvgIpc) is 3.96. The predicted octanol–water partition coefficient (Wildman–Crippen LogP) is 13.4. The van der Waals surface area contributed by atoms with Crippen molar-refractivity contribution in [1.29, 1.82) is 0 Å². The lowest BCUT2D eigenvalue weighted by Gasteiger charge is -2.11. The Hall–Kier alpha value is -7.30. The molecule has 0 spiro atoms. The zero-order valence-electron chi connectivity index (χ0n) is 29.1. The monoisotopic (exact) mass is 689 g/mol. The molecule has 12 aromatic rings. The minimum absolute atomic E-state index is 0.873. The summed E-state index contributed by atoms with van der Waals surface area (Å²) in [7, 11) is 0. The Morgan fingerprint density at radius 3 is 1.44 bits per heavy atom. The molecule has 4 heterocycles. The number of para-hydroxylation sites is 5. The van der Waals surface area contributed by atoms with Gasteiger partial charge in [-0.3, -0.25) is 4.57 Å². The fourth-order valence-corrected chi connectivity index (χ4v) is 8.89. The van der Waals surface area contributed by atoms with E-state index in [-0.39, 0.29) is 0 Å². The number of benzene rings is 8. The quantitative estimate of drug-likeness (QED) is 0.181. The molecular formula is C50H31N3O. The van der Waals surface area contributed by atoms with Gasteiger partial charge in [0.15, 0.2) is 0 Å². The van der Waals surface area contributed by atoms with Crippen LogP contribution < -0.4 is 0 Å². The van der Waals surface area contributed by atoms with Crippen LogP contribution in [0.5, 0.6) is 0 Å². The van der Waals surface area contributed by atoms with Crippen molar-refractivity contribution in [3.05, 3.63) is 188 Å². The molecule has 0 aliphatic rings. The molecule has 0 amide bonds. The van der Waals surface area contributed by atoms with Crippen LogP contribution in [0.3, 0.4) is 0 Å². The van der Waals surface area contributed by atoms with Crippen molar-refractivity contribution in [1.82, 2.24) is 13.7 Å². The van der Waals surface area contributed by atoms with E-state index in [1.165, 1.54) is 49.0 Å². The Labute approximate surface area is 309 Å². The summed E-state index contributed by atoms with van der Waals surface area (Å²) >= 11 is 0. The molecule has 4 aromatic heterocycles. The van der Waals surface area contributed by atoms with Gasteiger partial charge in [0.05, 0.1) is 33.0 Å². The number of nitrogens with zero attached hydrogens (tertiary/aromatic N) is 3. The van der Waals surface area contributed by atoms with E-state index >= 15 is 0 Å². The van der Waals surface area contributed by atoms with Gasteiger partial charge >= 0.3 is 0 Å². The minimum atomic E-state index is 0.873. The van der Waals surface area contributed by atoms with Crippen LogP contribution in [0, 0.1) is 0 Å². The number of hydrogen-bond acceptors (Lipinski definition) is 1. The van der Waals surface area contributed by atoms with Crippen LogP contribution in [-0.4, -0.2) is 13.7 Å². The lowest BCUT2D eigenvalue weighted by atomic mass is 10.0. The van der Waals surface area contributed by atoms with Crippen molar-refractivity contribution in [2.24, 2.45) is 0 Å². The Bertz CT molecular complexity index is 3380. The summed E-state index contributed by atoms with van der Waals surface area (Å²) in [6.07, 6.45) is 0. The third-order valence-electron chi connectivity index (χ3n) is 11.3. The average molecular weight is 690 g/mol. The molecule has 0 radical (unpaired) electrons. The van der Waals surface area contributed by atoms with Gasteiger partial charge in [-0.25, -0.2) is 0 Å². The van der Waals surface area contributed by atoms with Crippen LogP contribution in [0.15, 0.2) is 192 Å². The molecule has 0 saturated heterocycles. The predicted molar refractivity (Wildman–Crippen MR) is 225 cm³/mol.